The van der Waals surface area contributed by atoms with Gasteiger partial charge in [-0.05, 0) is 35.0 Å². The molecule has 2 heterocycles. The first-order chi connectivity index (χ1) is 7.66. The van der Waals surface area contributed by atoms with Crippen molar-refractivity contribution < 1.29 is 4.79 Å². The van der Waals surface area contributed by atoms with Crippen molar-refractivity contribution in [3.8, 4) is 0 Å². The Balaban J connectivity index is 2.18. The van der Waals surface area contributed by atoms with Crippen molar-refractivity contribution in [2.75, 3.05) is 5.32 Å². The summed E-state index contributed by atoms with van der Waals surface area (Å²) in [5, 5.41) is 5.20. The van der Waals surface area contributed by atoms with Gasteiger partial charge in [-0.1, -0.05) is 0 Å². The van der Waals surface area contributed by atoms with Gasteiger partial charge in [0.15, 0.2) is 5.13 Å². The number of carbonyl (C=O) groups is 1. The summed E-state index contributed by atoms with van der Waals surface area (Å²) >= 11 is 4.63. The minimum absolute atomic E-state index is 0.214. The molecule has 0 aliphatic carbocycles. The number of amides is 1. The molecule has 0 atom stereocenters. The number of rotatable bonds is 2. The second-order valence-electron chi connectivity index (χ2n) is 3.09. The van der Waals surface area contributed by atoms with Gasteiger partial charge >= 0.3 is 0 Å². The standard InChI is InChI=1S/C10H8BrN3OS/c1-6-5-16-10(13-6)14-9(15)7-3-2-4-12-8(7)11/h2-5H,1H3,(H,13,14,15). The lowest BCUT2D eigenvalue weighted by Gasteiger charge is -2.02. The van der Waals surface area contributed by atoms with E-state index in [9.17, 15) is 4.79 Å². The summed E-state index contributed by atoms with van der Waals surface area (Å²) in [6.45, 7) is 1.88. The fraction of sp³-hybridized carbons (Fsp3) is 0.100. The summed E-state index contributed by atoms with van der Waals surface area (Å²) in [5.41, 5.74) is 1.39. The van der Waals surface area contributed by atoms with Crippen LogP contribution in [0.15, 0.2) is 28.3 Å². The SMILES string of the molecule is Cc1csc(NC(=O)c2cccnc2Br)n1. The van der Waals surface area contributed by atoms with Crippen molar-refractivity contribution in [2.24, 2.45) is 0 Å². The summed E-state index contributed by atoms with van der Waals surface area (Å²) in [6.07, 6.45) is 1.62. The summed E-state index contributed by atoms with van der Waals surface area (Å²) in [4.78, 5) is 20.0. The molecule has 1 N–H and O–H groups in total. The molecule has 0 unspecified atom stereocenters. The Kier molecular flexibility index (Phi) is 3.31. The molecular formula is C10H8BrN3OS. The van der Waals surface area contributed by atoms with Crippen LogP contribution in [0, 0.1) is 6.92 Å². The number of aryl methyl sites for hydroxylation is 1. The van der Waals surface area contributed by atoms with Crippen LogP contribution in [-0.2, 0) is 0 Å². The largest absolute Gasteiger partial charge is 0.298 e. The van der Waals surface area contributed by atoms with Crippen molar-refractivity contribution in [1.29, 1.82) is 0 Å². The van der Waals surface area contributed by atoms with E-state index in [4.69, 9.17) is 0 Å². The molecule has 16 heavy (non-hydrogen) atoms. The molecule has 2 aromatic rings. The molecule has 0 saturated carbocycles. The second-order valence-corrected chi connectivity index (χ2v) is 4.70. The molecule has 82 valence electrons. The van der Waals surface area contributed by atoms with Gasteiger partial charge < -0.3 is 0 Å². The number of pyridine rings is 1. The van der Waals surface area contributed by atoms with E-state index in [0.29, 0.717) is 15.3 Å². The highest BCUT2D eigenvalue weighted by Crippen LogP contribution is 2.18. The molecule has 2 rings (SSSR count). The van der Waals surface area contributed by atoms with Gasteiger partial charge in [0.05, 0.1) is 11.3 Å². The highest BCUT2D eigenvalue weighted by Gasteiger charge is 2.11. The van der Waals surface area contributed by atoms with Gasteiger partial charge in [-0.3, -0.25) is 10.1 Å². The van der Waals surface area contributed by atoms with Crippen LogP contribution in [0.1, 0.15) is 16.1 Å². The number of nitrogens with zero attached hydrogens (tertiary/aromatic N) is 2. The average molecular weight is 298 g/mol. The first kappa shape index (κ1) is 11.2. The van der Waals surface area contributed by atoms with Crippen LogP contribution in [0.5, 0.6) is 0 Å². The maximum Gasteiger partial charge on any atom is 0.260 e. The van der Waals surface area contributed by atoms with Gasteiger partial charge in [0, 0.05) is 11.6 Å². The summed E-state index contributed by atoms with van der Waals surface area (Å²) in [6, 6.07) is 3.42. The quantitative estimate of drug-likeness (QED) is 0.867. The van der Waals surface area contributed by atoms with Crippen LogP contribution >= 0.6 is 27.3 Å². The molecule has 0 spiro atoms. The number of carbonyl (C=O) groups excluding carboxylic acids is 1. The number of hydrogen-bond acceptors (Lipinski definition) is 4. The molecule has 2 aromatic heterocycles. The van der Waals surface area contributed by atoms with Crippen LogP contribution in [0.2, 0.25) is 0 Å². The van der Waals surface area contributed by atoms with Crippen molar-refractivity contribution in [1.82, 2.24) is 9.97 Å². The third kappa shape index (κ3) is 2.45. The van der Waals surface area contributed by atoms with Gasteiger partial charge in [-0.2, -0.15) is 0 Å². The molecule has 0 aliphatic rings. The van der Waals surface area contributed by atoms with Crippen molar-refractivity contribution in [3.05, 3.63) is 39.6 Å². The lowest BCUT2D eigenvalue weighted by Crippen LogP contribution is -2.12. The van der Waals surface area contributed by atoms with Gasteiger partial charge in [0.25, 0.3) is 5.91 Å². The molecule has 0 fully saturated rings. The monoisotopic (exact) mass is 297 g/mol. The lowest BCUT2D eigenvalue weighted by atomic mass is 10.3. The number of hydrogen-bond donors (Lipinski definition) is 1. The Labute approximate surface area is 105 Å². The van der Waals surface area contributed by atoms with E-state index in [1.54, 1.807) is 18.3 Å². The Hall–Kier alpha value is -1.27. The maximum absolute atomic E-state index is 11.8. The predicted octanol–water partition coefficient (Wildman–Crippen LogP) is 2.86. The van der Waals surface area contributed by atoms with E-state index in [0.717, 1.165) is 5.69 Å². The Bertz CT molecular complexity index is 526. The Morgan fingerprint density at radius 1 is 1.56 bits per heavy atom. The number of aromatic nitrogens is 2. The summed E-state index contributed by atoms with van der Waals surface area (Å²) < 4.78 is 0.528. The molecule has 0 aromatic carbocycles. The van der Waals surface area contributed by atoms with Crippen LogP contribution in [0.4, 0.5) is 5.13 Å². The van der Waals surface area contributed by atoms with Gasteiger partial charge in [0.2, 0.25) is 0 Å². The molecule has 6 heteroatoms. The van der Waals surface area contributed by atoms with Crippen LogP contribution in [0.25, 0.3) is 0 Å². The maximum atomic E-state index is 11.8. The molecule has 1 amide bonds. The van der Waals surface area contributed by atoms with Crippen LogP contribution in [-0.4, -0.2) is 15.9 Å². The van der Waals surface area contributed by atoms with E-state index in [1.807, 2.05) is 12.3 Å². The average Bonchev–Trinajstić information content (AvgIpc) is 2.64. The third-order valence-corrected chi connectivity index (χ3v) is 3.35. The van der Waals surface area contributed by atoms with Gasteiger partial charge in [0.1, 0.15) is 4.60 Å². The minimum Gasteiger partial charge on any atom is -0.298 e. The van der Waals surface area contributed by atoms with Crippen molar-refractivity contribution >= 4 is 38.3 Å². The Morgan fingerprint density at radius 3 is 3.00 bits per heavy atom. The molecule has 0 radical (unpaired) electrons. The van der Waals surface area contributed by atoms with Crippen LogP contribution in [0.3, 0.4) is 0 Å². The number of thiazole rings is 1. The van der Waals surface area contributed by atoms with E-state index < -0.39 is 0 Å². The summed E-state index contributed by atoms with van der Waals surface area (Å²) in [5.74, 6) is -0.214. The predicted molar refractivity (Wildman–Crippen MR) is 66.7 cm³/mol. The molecule has 0 saturated heterocycles. The molecular weight excluding hydrogens is 290 g/mol. The number of halogens is 1. The van der Waals surface area contributed by atoms with Crippen molar-refractivity contribution in [3.63, 3.8) is 0 Å². The van der Waals surface area contributed by atoms with E-state index in [-0.39, 0.29) is 5.91 Å². The topological polar surface area (TPSA) is 54.9 Å². The van der Waals surface area contributed by atoms with Gasteiger partial charge in [-0.25, -0.2) is 9.97 Å². The molecule has 0 aliphatic heterocycles. The smallest absolute Gasteiger partial charge is 0.260 e. The third-order valence-electron chi connectivity index (χ3n) is 1.84. The molecule has 0 bridgehead atoms. The zero-order valence-electron chi connectivity index (χ0n) is 8.40. The first-order valence-corrected chi connectivity index (χ1v) is 6.18. The number of anilines is 1. The molecule has 4 nitrogen and oxygen atoms in total. The zero-order chi connectivity index (χ0) is 11.5. The fourth-order valence-electron chi connectivity index (χ4n) is 1.13. The zero-order valence-corrected chi connectivity index (χ0v) is 10.8. The van der Waals surface area contributed by atoms with E-state index >= 15 is 0 Å². The van der Waals surface area contributed by atoms with Crippen molar-refractivity contribution in [2.45, 2.75) is 6.92 Å². The van der Waals surface area contributed by atoms with E-state index in [2.05, 4.69) is 31.2 Å². The lowest BCUT2D eigenvalue weighted by molar-refractivity contribution is 0.102. The fourth-order valence-corrected chi connectivity index (χ4v) is 2.24. The highest BCUT2D eigenvalue weighted by molar-refractivity contribution is 9.10. The van der Waals surface area contributed by atoms with E-state index in [1.165, 1.54) is 11.3 Å². The van der Waals surface area contributed by atoms with Crippen LogP contribution < -0.4 is 5.32 Å². The summed E-state index contributed by atoms with van der Waals surface area (Å²) in [7, 11) is 0. The normalized spacial score (nSPS) is 10.1. The van der Waals surface area contributed by atoms with Gasteiger partial charge in [-0.15, -0.1) is 11.3 Å². The Morgan fingerprint density at radius 2 is 2.38 bits per heavy atom. The second kappa shape index (κ2) is 4.71. The number of nitrogens with one attached hydrogen (secondary N) is 1. The highest BCUT2D eigenvalue weighted by atomic mass is 79.9. The minimum atomic E-state index is -0.214. The first-order valence-electron chi connectivity index (χ1n) is 4.51.